The molecule has 3 aromatic rings. The third kappa shape index (κ3) is 3.90. The van der Waals surface area contributed by atoms with Gasteiger partial charge in [-0.1, -0.05) is 6.07 Å². The molecule has 0 aliphatic carbocycles. The molecule has 24 heavy (non-hydrogen) atoms. The maximum atomic E-state index is 12.6. The van der Waals surface area contributed by atoms with Gasteiger partial charge in [0, 0.05) is 17.1 Å². The van der Waals surface area contributed by atoms with Crippen molar-refractivity contribution in [3.63, 3.8) is 0 Å². The van der Waals surface area contributed by atoms with Gasteiger partial charge in [0.1, 0.15) is 12.3 Å². The number of hydrogen-bond donors (Lipinski definition) is 1. The first-order chi connectivity index (χ1) is 11.6. The minimum absolute atomic E-state index is 0.151. The van der Waals surface area contributed by atoms with E-state index in [2.05, 4.69) is 4.98 Å². The van der Waals surface area contributed by atoms with Crippen LogP contribution in [0, 0.1) is 0 Å². The molecule has 0 aliphatic rings. The van der Waals surface area contributed by atoms with Crippen molar-refractivity contribution in [3.05, 3.63) is 79.6 Å². The van der Waals surface area contributed by atoms with Crippen LogP contribution >= 0.6 is 11.3 Å². The second-order valence-electron chi connectivity index (χ2n) is 5.15. The summed E-state index contributed by atoms with van der Waals surface area (Å²) < 4.78 is 6.49. The molecule has 0 unspecified atom stereocenters. The van der Waals surface area contributed by atoms with Gasteiger partial charge < -0.3 is 9.32 Å². The van der Waals surface area contributed by atoms with Crippen LogP contribution in [0.3, 0.4) is 0 Å². The van der Waals surface area contributed by atoms with Crippen LogP contribution in [0.5, 0.6) is 0 Å². The Kier molecular flexibility index (Phi) is 4.76. The Balaban J connectivity index is 1.79. The zero-order valence-corrected chi connectivity index (χ0v) is 13.5. The minimum atomic E-state index is -0.607. The summed E-state index contributed by atoms with van der Waals surface area (Å²) in [6.45, 7) is 0.582. The van der Waals surface area contributed by atoms with Crippen LogP contribution in [-0.2, 0) is 24.4 Å². The lowest BCUT2D eigenvalue weighted by molar-refractivity contribution is -0.133. The molecule has 124 valence electrons. The standard InChI is InChI=1S/C16H15N3O4S/c20-14-5-6-18(16(22)17-14)11-15(21)19(9-12-3-1-7-23-12)10-13-4-2-8-24-13/h1-8H,9-11H2,(H,17,20,22). The first-order valence-corrected chi connectivity index (χ1v) is 8.12. The number of H-pyrrole nitrogens is 1. The summed E-state index contributed by atoms with van der Waals surface area (Å²) in [6, 6.07) is 8.63. The number of thiophene rings is 1. The molecule has 0 aliphatic heterocycles. The maximum Gasteiger partial charge on any atom is 0.328 e. The lowest BCUT2D eigenvalue weighted by Gasteiger charge is -2.21. The highest BCUT2D eigenvalue weighted by Crippen LogP contribution is 2.15. The van der Waals surface area contributed by atoms with Crippen LogP contribution in [0.25, 0.3) is 0 Å². The molecule has 0 bridgehead atoms. The third-order valence-electron chi connectivity index (χ3n) is 3.41. The summed E-state index contributed by atoms with van der Waals surface area (Å²) in [4.78, 5) is 40.3. The first-order valence-electron chi connectivity index (χ1n) is 7.24. The van der Waals surface area contributed by atoms with Gasteiger partial charge in [-0.05, 0) is 23.6 Å². The van der Waals surface area contributed by atoms with Crippen molar-refractivity contribution in [3.8, 4) is 0 Å². The molecule has 0 fully saturated rings. The van der Waals surface area contributed by atoms with E-state index in [-0.39, 0.29) is 12.5 Å². The number of furan rings is 1. The van der Waals surface area contributed by atoms with Crippen LogP contribution in [-0.4, -0.2) is 20.4 Å². The highest BCUT2D eigenvalue weighted by molar-refractivity contribution is 7.09. The van der Waals surface area contributed by atoms with E-state index in [1.54, 1.807) is 34.6 Å². The molecule has 1 N–H and O–H groups in total. The van der Waals surface area contributed by atoms with Gasteiger partial charge in [0.25, 0.3) is 5.56 Å². The fourth-order valence-corrected chi connectivity index (χ4v) is 2.95. The van der Waals surface area contributed by atoms with Crippen LogP contribution in [0.4, 0.5) is 0 Å². The summed E-state index contributed by atoms with van der Waals surface area (Å²) in [5, 5.41) is 1.94. The Morgan fingerprint density at radius 2 is 2.08 bits per heavy atom. The topological polar surface area (TPSA) is 88.3 Å². The molecule has 3 rings (SSSR count). The predicted molar refractivity (Wildman–Crippen MR) is 88.6 cm³/mol. The molecule has 0 atom stereocenters. The van der Waals surface area contributed by atoms with Crippen LogP contribution < -0.4 is 11.2 Å². The number of hydrogen-bond acceptors (Lipinski definition) is 5. The lowest BCUT2D eigenvalue weighted by Crippen LogP contribution is -2.37. The number of aromatic nitrogens is 2. The Bertz CT molecular complexity index is 873. The molecule has 3 aromatic heterocycles. The van der Waals surface area contributed by atoms with Crippen molar-refractivity contribution in [2.75, 3.05) is 0 Å². The normalized spacial score (nSPS) is 10.7. The van der Waals surface area contributed by atoms with Crippen molar-refractivity contribution >= 4 is 17.2 Å². The smallest absolute Gasteiger partial charge is 0.328 e. The lowest BCUT2D eigenvalue weighted by atomic mass is 10.3. The molecular formula is C16H15N3O4S. The average Bonchev–Trinajstić information content (AvgIpc) is 3.23. The van der Waals surface area contributed by atoms with E-state index in [0.29, 0.717) is 18.8 Å². The quantitative estimate of drug-likeness (QED) is 0.732. The molecular weight excluding hydrogens is 330 g/mol. The number of nitrogens with one attached hydrogen (secondary N) is 1. The number of nitrogens with zero attached hydrogens (tertiary/aromatic N) is 2. The number of amides is 1. The number of rotatable bonds is 6. The number of carbonyl (C=O) groups is 1. The van der Waals surface area contributed by atoms with E-state index >= 15 is 0 Å². The summed E-state index contributed by atoms with van der Waals surface area (Å²) in [6.07, 6.45) is 2.87. The minimum Gasteiger partial charge on any atom is -0.467 e. The van der Waals surface area contributed by atoms with Crippen molar-refractivity contribution in [2.45, 2.75) is 19.6 Å². The monoisotopic (exact) mass is 345 g/mol. The molecule has 0 radical (unpaired) electrons. The van der Waals surface area contributed by atoms with Crippen molar-refractivity contribution in [2.24, 2.45) is 0 Å². The fraction of sp³-hybridized carbons (Fsp3) is 0.188. The maximum absolute atomic E-state index is 12.6. The van der Waals surface area contributed by atoms with Gasteiger partial charge >= 0.3 is 5.69 Å². The molecule has 0 saturated carbocycles. The van der Waals surface area contributed by atoms with Gasteiger partial charge in [-0.2, -0.15) is 0 Å². The molecule has 7 nitrogen and oxygen atoms in total. The van der Waals surface area contributed by atoms with Crippen molar-refractivity contribution in [1.29, 1.82) is 0 Å². The van der Waals surface area contributed by atoms with E-state index in [4.69, 9.17) is 4.42 Å². The zero-order chi connectivity index (χ0) is 16.9. The second-order valence-corrected chi connectivity index (χ2v) is 6.18. The number of aromatic amines is 1. The van der Waals surface area contributed by atoms with Gasteiger partial charge in [0.15, 0.2) is 0 Å². The predicted octanol–water partition coefficient (Wildman–Crippen LogP) is 1.42. The highest BCUT2D eigenvalue weighted by Gasteiger charge is 2.17. The van der Waals surface area contributed by atoms with Crippen molar-refractivity contribution < 1.29 is 9.21 Å². The summed E-state index contributed by atoms with van der Waals surface area (Å²) in [5.74, 6) is 0.419. The molecule has 3 heterocycles. The summed E-state index contributed by atoms with van der Waals surface area (Å²) >= 11 is 1.55. The summed E-state index contributed by atoms with van der Waals surface area (Å²) in [5.41, 5.74) is -1.10. The van der Waals surface area contributed by atoms with Gasteiger partial charge in [-0.15, -0.1) is 11.3 Å². The molecule has 0 aromatic carbocycles. The second kappa shape index (κ2) is 7.14. The SMILES string of the molecule is O=C(Cn1ccc(=O)[nH]c1=O)N(Cc1ccco1)Cc1cccs1. The average molecular weight is 345 g/mol. The van der Waals surface area contributed by atoms with Gasteiger partial charge in [-0.25, -0.2) is 4.79 Å². The number of carbonyl (C=O) groups excluding carboxylic acids is 1. The molecule has 0 spiro atoms. The van der Waals surface area contributed by atoms with Crippen LogP contribution in [0.2, 0.25) is 0 Å². The highest BCUT2D eigenvalue weighted by atomic mass is 32.1. The Hall–Kier alpha value is -2.87. The zero-order valence-electron chi connectivity index (χ0n) is 12.7. The first kappa shape index (κ1) is 16.0. The van der Waals surface area contributed by atoms with E-state index in [1.165, 1.54) is 16.8 Å². The van der Waals surface area contributed by atoms with Crippen molar-refractivity contribution in [1.82, 2.24) is 14.5 Å². The van der Waals surface area contributed by atoms with E-state index < -0.39 is 11.2 Å². The van der Waals surface area contributed by atoms with E-state index in [1.807, 2.05) is 17.5 Å². The van der Waals surface area contributed by atoms with E-state index in [9.17, 15) is 14.4 Å². The Morgan fingerprint density at radius 3 is 2.75 bits per heavy atom. The largest absolute Gasteiger partial charge is 0.467 e. The molecule has 8 heteroatoms. The van der Waals surface area contributed by atoms with Crippen LogP contribution in [0.1, 0.15) is 10.6 Å². The summed E-state index contributed by atoms with van der Waals surface area (Å²) in [7, 11) is 0. The Morgan fingerprint density at radius 1 is 1.21 bits per heavy atom. The third-order valence-corrected chi connectivity index (χ3v) is 4.27. The Labute approximate surface area is 140 Å². The van der Waals surface area contributed by atoms with Gasteiger partial charge in [-0.3, -0.25) is 19.1 Å². The van der Waals surface area contributed by atoms with Gasteiger partial charge in [0.2, 0.25) is 5.91 Å². The fourth-order valence-electron chi connectivity index (χ4n) is 2.23. The molecule has 0 saturated heterocycles. The van der Waals surface area contributed by atoms with Crippen LogP contribution in [0.15, 0.2) is 62.2 Å². The van der Waals surface area contributed by atoms with E-state index in [0.717, 1.165) is 4.88 Å². The molecule has 1 amide bonds. The van der Waals surface area contributed by atoms with Gasteiger partial charge in [0.05, 0.1) is 19.4 Å².